The van der Waals surface area contributed by atoms with E-state index in [2.05, 4.69) is 22.4 Å². The molecule has 0 radical (unpaired) electrons. The number of H-pyrrole nitrogens is 1. The van der Waals surface area contributed by atoms with Gasteiger partial charge in [0.05, 0.1) is 11.9 Å². The Morgan fingerprint density at radius 3 is 2.71 bits per heavy atom. The molecule has 21 heavy (non-hydrogen) atoms. The highest BCUT2D eigenvalue weighted by Crippen LogP contribution is 2.18. The maximum absolute atomic E-state index is 12.0. The Kier molecular flexibility index (Phi) is 6.26. The van der Waals surface area contributed by atoms with Gasteiger partial charge in [-0.25, -0.2) is 4.79 Å². The minimum absolute atomic E-state index is 0.137. The molecule has 0 saturated heterocycles. The van der Waals surface area contributed by atoms with Crippen molar-refractivity contribution < 1.29 is 14.3 Å². The van der Waals surface area contributed by atoms with Crippen LogP contribution in [-0.4, -0.2) is 39.2 Å². The Balaban J connectivity index is 2.63. The monoisotopic (exact) mass is 313 g/mol. The van der Waals surface area contributed by atoms with Crippen LogP contribution in [0, 0.1) is 0 Å². The first-order chi connectivity index (χ1) is 9.73. The second-order valence-electron chi connectivity index (χ2n) is 5.79. The van der Waals surface area contributed by atoms with Gasteiger partial charge in [0.25, 0.3) is 0 Å². The van der Waals surface area contributed by atoms with Crippen LogP contribution in [0.15, 0.2) is 6.20 Å². The molecule has 118 valence electrons. The van der Waals surface area contributed by atoms with Crippen molar-refractivity contribution in [3.63, 3.8) is 0 Å². The van der Waals surface area contributed by atoms with Crippen LogP contribution in [-0.2, 0) is 9.53 Å². The van der Waals surface area contributed by atoms with Crippen molar-refractivity contribution in [2.45, 2.75) is 51.4 Å². The molecule has 0 fully saturated rings. The summed E-state index contributed by atoms with van der Waals surface area (Å²) in [5.41, 5.74) is -0.0840. The molecule has 0 bridgehead atoms. The van der Waals surface area contributed by atoms with Crippen LogP contribution in [0.1, 0.15) is 51.0 Å². The van der Waals surface area contributed by atoms with Gasteiger partial charge < -0.3 is 10.1 Å². The first-order valence-corrected chi connectivity index (χ1v) is 8.11. The van der Waals surface area contributed by atoms with E-state index in [1.165, 1.54) is 6.20 Å². The predicted octanol–water partition coefficient (Wildman–Crippen LogP) is 2.84. The van der Waals surface area contributed by atoms with E-state index in [4.69, 9.17) is 4.74 Å². The van der Waals surface area contributed by atoms with Gasteiger partial charge in [0, 0.05) is 11.7 Å². The Hall–Kier alpha value is -1.50. The SMILES string of the molecule is CSC(C)CCC(=O)Nc1cn[nH]c1C(=O)OC(C)(C)C. The molecule has 0 aliphatic rings. The molecule has 2 N–H and O–H groups in total. The fourth-order valence-electron chi connectivity index (χ4n) is 1.53. The molecule has 1 atom stereocenters. The molecule has 1 amide bonds. The average Bonchev–Trinajstić information content (AvgIpc) is 2.82. The molecular formula is C14H23N3O3S. The Labute approximate surface area is 129 Å². The number of nitrogens with one attached hydrogen (secondary N) is 2. The fourth-order valence-corrected chi connectivity index (χ4v) is 1.88. The van der Waals surface area contributed by atoms with Crippen molar-refractivity contribution in [1.82, 2.24) is 10.2 Å². The summed E-state index contributed by atoms with van der Waals surface area (Å²) in [6.07, 6.45) is 4.61. The van der Waals surface area contributed by atoms with E-state index < -0.39 is 11.6 Å². The van der Waals surface area contributed by atoms with Crippen LogP contribution >= 0.6 is 11.8 Å². The molecule has 1 heterocycles. The first kappa shape index (κ1) is 17.6. The van der Waals surface area contributed by atoms with Crippen LogP contribution in [0.2, 0.25) is 0 Å². The van der Waals surface area contributed by atoms with Crippen molar-refractivity contribution in [2.75, 3.05) is 11.6 Å². The van der Waals surface area contributed by atoms with E-state index in [9.17, 15) is 9.59 Å². The Morgan fingerprint density at radius 2 is 2.14 bits per heavy atom. The van der Waals surface area contributed by atoms with Gasteiger partial charge in [-0.2, -0.15) is 16.9 Å². The average molecular weight is 313 g/mol. The van der Waals surface area contributed by atoms with Crippen LogP contribution < -0.4 is 5.32 Å². The lowest BCUT2D eigenvalue weighted by molar-refractivity contribution is -0.116. The van der Waals surface area contributed by atoms with Gasteiger partial charge in [-0.3, -0.25) is 9.89 Å². The highest BCUT2D eigenvalue weighted by Gasteiger charge is 2.22. The summed E-state index contributed by atoms with van der Waals surface area (Å²) < 4.78 is 5.26. The smallest absolute Gasteiger partial charge is 0.359 e. The molecule has 0 spiro atoms. The lowest BCUT2D eigenvalue weighted by Crippen LogP contribution is -2.25. The summed E-state index contributed by atoms with van der Waals surface area (Å²) in [5.74, 6) is -0.671. The first-order valence-electron chi connectivity index (χ1n) is 6.82. The zero-order valence-corrected chi connectivity index (χ0v) is 14.0. The Bertz CT molecular complexity index is 494. The fraction of sp³-hybridized carbons (Fsp3) is 0.643. The molecule has 1 aromatic heterocycles. The second-order valence-corrected chi connectivity index (χ2v) is 7.07. The molecule has 7 heteroatoms. The van der Waals surface area contributed by atoms with Crippen LogP contribution in [0.5, 0.6) is 0 Å². The Morgan fingerprint density at radius 1 is 1.48 bits per heavy atom. The molecule has 1 unspecified atom stereocenters. The van der Waals surface area contributed by atoms with Crippen molar-refractivity contribution in [1.29, 1.82) is 0 Å². The maximum atomic E-state index is 12.0. The molecular weight excluding hydrogens is 290 g/mol. The van der Waals surface area contributed by atoms with E-state index in [0.29, 0.717) is 17.4 Å². The maximum Gasteiger partial charge on any atom is 0.359 e. The molecule has 1 aromatic rings. The predicted molar refractivity (Wildman–Crippen MR) is 84.6 cm³/mol. The lowest BCUT2D eigenvalue weighted by atomic mass is 10.2. The highest BCUT2D eigenvalue weighted by molar-refractivity contribution is 7.99. The third-order valence-corrected chi connectivity index (χ3v) is 3.74. The van der Waals surface area contributed by atoms with E-state index >= 15 is 0 Å². The summed E-state index contributed by atoms with van der Waals surface area (Å²) >= 11 is 1.72. The number of rotatable bonds is 6. The number of carbonyl (C=O) groups excluding carboxylic acids is 2. The summed E-state index contributed by atoms with van der Waals surface area (Å²) in [5, 5.41) is 9.47. The van der Waals surface area contributed by atoms with Crippen molar-refractivity contribution in [2.24, 2.45) is 0 Å². The van der Waals surface area contributed by atoms with Gasteiger partial charge in [-0.05, 0) is 33.4 Å². The number of esters is 1. The van der Waals surface area contributed by atoms with E-state index in [0.717, 1.165) is 6.42 Å². The largest absolute Gasteiger partial charge is 0.455 e. The van der Waals surface area contributed by atoms with Gasteiger partial charge in [-0.15, -0.1) is 0 Å². The zero-order valence-electron chi connectivity index (χ0n) is 13.1. The van der Waals surface area contributed by atoms with Crippen LogP contribution in [0.3, 0.4) is 0 Å². The number of anilines is 1. The van der Waals surface area contributed by atoms with Gasteiger partial charge in [-0.1, -0.05) is 6.92 Å². The van der Waals surface area contributed by atoms with Crippen molar-refractivity contribution >= 4 is 29.3 Å². The number of aromatic amines is 1. The standard InChI is InChI=1S/C14H23N3O3S/c1-9(21-5)6-7-11(18)16-10-8-15-17-12(10)13(19)20-14(2,3)4/h8-9H,6-7H2,1-5H3,(H,15,17)(H,16,18). The normalized spacial score (nSPS) is 12.8. The minimum atomic E-state index is -0.600. The summed E-state index contributed by atoms with van der Waals surface area (Å²) in [4.78, 5) is 23.9. The molecule has 1 rings (SSSR count). The van der Waals surface area contributed by atoms with Crippen molar-refractivity contribution in [3.8, 4) is 0 Å². The highest BCUT2D eigenvalue weighted by atomic mass is 32.2. The summed E-state index contributed by atoms with van der Waals surface area (Å²) in [6, 6.07) is 0. The zero-order chi connectivity index (χ0) is 16.0. The molecule has 0 aliphatic carbocycles. The summed E-state index contributed by atoms with van der Waals surface area (Å²) in [6.45, 7) is 7.41. The number of amides is 1. The number of nitrogens with zero attached hydrogens (tertiary/aromatic N) is 1. The number of aromatic nitrogens is 2. The van der Waals surface area contributed by atoms with E-state index in [1.807, 2.05) is 6.26 Å². The number of carbonyl (C=O) groups is 2. The third-order valence-electron chi connectivity index (χ3n) is 2.70. The van der Waals surface area contributed by atoms with Crippen LogP contribution in [0.25, 0.3) is 0 Å². The van der Waals surface area contributed by atoms with Gasteiger partial charge >= 0.3 is 5.97 Å². The number of hydrogen-bond donors (Lipinski definition) is 2. The molecule has 0 aromatic carbocycles. The summed E-state index contributed by atoms with van der Waals surface area (Å²) in [7, 11) is 0. The lowest BCUT2D eigenvalue weighted by Gasteiger charge is -2.19. The van der Waals surface area contributed by atoms with Gasteiger partial charge in [0.1, 0.15) is 5.60 Å². The topological polar surface area (TPSA) is 84.1 Å². The quantitative estimate of drug-likeness (QED) is 0.789. The third kappa shape index (κ3) is 6.20. The van der Waals surface area contributed by atoms with E-state index in [1.54, 1.807) is 32.5 Å². The minimum Gasteiger partial charge on any atom is -0.455 e. The number of ether oxygens (including phenoxy) is 1. The van der Waals surface area contributed by atoms with Crippen molar-refractivity contribution in [3.05, 3.63) is 11.9 Å². The second kappa shape index (κ2) is 7.49. The van der Waals surface area contributed by atoms with Gasteiger partial charge in [0.15, 0.2) is 5.69 Å². The molecule has 0 aliphatic heterocycles. The number of thioether (sulfide) groups is 1. The van der Waals surface area contributed by atoms with Gasteiger partial charge in [0.2, 0.25) is 5.91 Å². The number of hydrogen-bond acceptors (Lipinski definition) is 5. The van der Waals surface area contributed by atoms with Crippen LogP contribution in [0.4, 0.5) is 5.69 Å². The molecule has 0 saturated carbocycles. The molecule has 6 nitrogen and oxygen atoms in total. The van der Waals surface area contributed by atoms with E-state index in [-0.39, 0.29) is 11.6 Å².